The second kappa shape index (κ2) is 1.30. The van der Waals surface area contributed by atoms with E-state index in [0.29, 0.717) is 0 Å². The predicted octanol–water partition coefficient (Wildman–Crippen LogP) is 0.440. The Labute approximate surface area is 36.8 Å². The molecule has 0 atom stereocenters. The maximum absolute atomic E-state index is 4.52. The van der Waals surface area contributed by atoms with E-state index in [1.807, 2.05) is 6.92 Å². The van der Waals surface area contributed by atoms with Crippen LogP contribution < -0.4 is 5.48 Å². The van der Waals surface area contributed by atoms with Gasteiger partial charge in [-0.25, -0.2) is 0 Å². The first kappa shape index (κ1) is 3.68. The summed E-state index contributed by atoms with van der Waals surface area (Å²) < 4.78 is 0. The molecule has 0 bridgehead atoms. The SMILES string of the molecule is CC1=CO[N]C1. The fraction of sp³-hybridized carbons (Fsp3) is 0.500. The van der Waals surface area contributed by atoms with Gasteiger partial charge in [0.25, 0.3) is 0 Å². The molecule has 0 saturated carbocycles. The summed E-state index contributed by atoms with van der Waals surface area (Å²) in [5.74, 6) is 0. The number of hydrogen-bond acceptors (Lipinski definition) is 1. The van der Waals surface area contributed by atoms with Gasteiger partial charge in [0.15, 0.2) is 0 Å². The van der Waals surface area contributed by atoms with Gasteiger partial charge in [0.05, 0.1) is 6.54 Å². The zero-order chi connectivity index (χ0) is 4.41. The maximum atomic E-state index is 4.52. The maximum Gasteiger partial charge on any atom is 0.114 e. The Morgan fingerprint density at radius 3 is 3.00 bits per heavy atom. The van der Waals surface area contributed by atoms with Crippen molar-refractivity contribution in [2.45, 2.75) is 6.92 Å². The Bertz CT molecular complexity index is 77.6. The van der Waals surface area contributed by atoms with Gasteiger partial charge in [-0.1, -0.05) is 0 Å². The van der Waals surface area contributed by atoms with Crippen LogP contribution in [0.15, 0.2) is 11.8 Å². The smallest absolute Gasteiger partial charge is 0.114 e. The number of hydroxylamine groups is 1. The normalized spacial score (nSPS) is 19.8. The van der Waals surface area contributed by atoms with E-state index < -0.39 is 0 Å². The molecule has 1 rings (SSSR count). The van der Waals surface area contributed by atoms with Crippen molar-refractivity contribution < 1.29 is 4.84 Å². The van der Waals surface area contributed by atoms with Crippen LogP contribution in [0.5, 0.6) is 0 Å². The first-order valence-corrected chi connectivity index (χ1v) is 1.88. The molecule has 1 aliphatic heterocycles. The van der Waals surface area contributed by atoms with Gasteiger partial charge in [0, 0.05) is 0 Å². The Hall–Kier alpha value is -0.500. The molecule has 0 spiro atoms. The average Bonchev–Trinajstić information content (AvgIpc) is 1.86. The van der Waals surface area contributed by atoms with Crippen LogP contribution in [0.3, 0.4) is 0 Å². The van der Waals surface area contributed by atoms with Crippen molar-refractivity contribution >= 4 is 0 Å². The van der Waals surface area contributed by atoms with Gasteiger partial charge in [0.2, 0.25) is 0 Å². The Morgan fingerprint density at radius 1 is 2.00 bits per heavy atom. The van der Waals surface area contributed by atoms with Crippen molar-refractivity contribution in [2.75, 3.05) is 6.54 Å². The first-order chi connectivity index (χ1) is 2.89. The largest absolute Gasteiger partial charge is 0.396 e. The summed E-state index contributed by atoms with van der Waals surface area (Å²) in [6, 6.07) is 0. The van der Waals surface area contributed by atoms with Crippen molar-refractivity contribution in [3.05, 3.63) is 11.8 Å². The van der Waals surface area contributed by atoms with Gasteiger partial charge in [0.1, 0.15) is 6.26 Å². The standard InChI is InChI=1S/C4H6NO/c1-4-2-5-6-3-4/h3H,2H2,1H3. The third-order valence-corrected chi connectivity index (χ3v) is 0.642. The molecule has 0 aromatic heterocycles. The van der Waals surface area contributed by atoms with Crippen LogP contribution in [0.2, 0.25) is 0 Å². The summed E-state index contributed by atoms with van der Waals surface area (Å²) in [6.45, 7) is 2.73. The molecule has 2 nitrogen and oxygen atoms in total. The van der Waals surface area contributed by atoms with E-state index in [4.69, 9.17) is 0 Å². The number of nitrogens with zero attached hydrogens (tertiary/aromatic N) is 1. The highest BCUT2D eigenvalue weighted by atomic mass is 16.6. The molecule has 0 saturated heterocycles. The summed E-state index contributed by atoms with van der Waals surface area (Å²) in [6.07, 6.45) is 1.65. The van der Waals surface area contributed by atoms with Crippen molar-refractivity contribution in [2.24, 2.45) is 0 Å². The number of rotatable bonds is 0. The molecule has 0 fully saturated rings. The van der Waals surface area contributed by atoms with Gasteiger partial charge in [-0.2, -0.15) is 0 Å². The van der Waals surface area contributed by atoms with Crippen molar-refractivity contribution in [3.8, 4) is 0 Å². The predicted molar refractivity (Wildman–Crippen MR) is 21.8 cm³/mol. The molecule has 0 aliphatic carbocycles. The monoisotopic (exact) mass is 84.0 g/mol. The molecule has 6 heavy (non-hydrogen) atoms. The van der Waals surface area contributed by atoms with Gasteiger partial charge >= 0.3 is 0 Å². The molecule has 0 unspecified atom stereocenters. The summed E-state index contributed by atoms with van der Waals surface area (Å²) >= 11 is 0. The Balaban J connectivity index is 2.45. The van der Waals surface area contributed by atoms with E-state index in [1.54, 1.807) is 6.26 Å². The van der Waals surface area contributed by atoms with Crippen LogP contribution >= 0.6 is 0 Å². The van der Waals surface area contributed by atoms with Crippen molar-refractivity contribution in [3.63, 3.8) is 0 Å². The summed E-state index contributed by atoms with van der Waals surface area (Å²) in [5, 5.41) is 0. The lowest BCUT2D eigenvalue weighted by Crippen LogP contribution is -1.93. The van der Waals surface area contributed by atoms with Crippen LogP contribution in [0.4, 0.5) is 0 Å². The highest BCUT2D eigenvalue weighted by molar-refractivity contribution is 4.97. The highest BCUT2D eigenvalue weighted by Gasteiger charge is 1.97. The van der Waals surface area contributed by atoms with E-state index in [1.165, 1.54) is 5.57 Å². The number of hydrogen-bond donors (Lipinski definition) is 0. The van der Waals surface area contributed by atoms with E-state index in [0.717, 1.165) is 6.54 Å². The molecular formula is C4H6NO. The molecule has 1 radical (unpaired) electrons. The molecule has 1 heterocycles. The van der Waals surface area contributed by atoms with Gasteiger partial charge < -0.3 is 4.84 Å². The van der Waals surface area contributed by atoms with Gasteiger partial charge in [-0.15, -0.1) is 0 Å². The molecule has 2 heteroatoms. The Kier molecular flexibility index (Phi) is 0.801. The third-order valence-electron chi connectivity index (χ3n) is 0.642. The zero-order valence-electron chi connectivity index (χ0n) is 3.64. The summed E-state index contributed by atoms with van der Waals surface area (Å²) in [7, 11) is 0. The summed E-state index contributed by atoms with van der Waals surface area (Å²) in [4.78, 5) is 4.52. The minimum atomic E-state index is 0.750. The second-order valence-corrected chi connectivity index (χ2v) is 1.36. The first-order valence-electron chi connectivity index (χ1n) is 1.88. The van der Waals surface area contributed by atoms with E-state index in [-0.39, 0.29) is 0 Å². The quantitative estimate of drug-likeness (QED) is 0.417. The van der Waals surface area contributed by atoms with Gasteiger partial charge in [-0.3, -0.25) is 0 Å². The summed E-state index contributed by atoms with van der Waals surface area (Å²) in [5.41, 5.74) is 4.76. The van der Waals surface area contributed by atoms with Crippen molar-refractivity contribution in [1.29, 1.82) is 0 Å². The molecule has 1 aliphatic rings. The molecule has 33 valence electrons. The average molecular weight is 84.1 g/mol. The molecular weight excluding hydrogens is 78.0 g/mol. The molecule has 0 aromatic carbocycles. The topological polar surface area (TPSA) is 23.3 Å². The van der Waals surface area contributed by atoms with E-state index >= 15 is 0 Å². The zero-order valence-corrected chi connectivity index (χ0v) is 3.64. The lowest BCUT2D eigenvalue weighted by atomic mass is 10.4. The molecule has 0 aromatic rings. The lowest BCUT2D eigenvalue weighted by molar-refractivity contribution is 0.158. The Morgan fingerprint density at radius 2 is 2.83 bits per heavy atom. The minimum absolute atomic E-state index is 0.750. The van der Waals surface area contributed by atoms with Crippen LogP contribution in [0.25, 0.3) is 0 Å². The third kappa shape index (κ3) is 0.518. The van der Waals surface area contributed by atoms with Crippen LogP contribution in [0, 0.1) is 0 Å². The molecule has 0 amide bonds. The van der Waals surface area contributed by atoms with E-state index in [2.05, 4.69) is 10.3 Å². The highest BCUT2D eigenvalue weighted by Crippen LogP contribution is 1.96. The fourth-order valence-corrected chi connectivity index (χ4v) is 0.304. The van der Waals surface area contributed by atoms with Crippen LogP contribution in [-0.2, 0) is 4.84 Å². The van der Waals surface area contributed by atoms with Crippen LogP contribution in [-0.4, -0.2) is 6.54 Å². The van der Waals surface area contributed by atoms with Gasteiger partial charge in [-0.05, 0) is 18.0 Å². The van der Waals surface area contributed by atoms with Crippen LogP contribution in [0.1, 0.15) is 6.92 Å². The minimum Gasteiger partial charge on any atom is -0.396 e. The fourth-order valence-electron chi connectivity index (χ4n) is 0.304. The second-order valence-electron chi connectivity index (χ2n) is 1.36. The van der Waals surface area contributed by atoms with E-state index in [9.17, 15) is 0 Å². The lowest BCUT2D eigenvalue weighted by Gasteiger charge is -1.78. The van der Waals surface area contributed by atoms with Crippen molar-refractivity contribution in [1.82, 2.24) is 5.48 Å². The molecule has 0 N–H and O–H groups in total.